The normalized spacial score (nSPS) is 10.5. The summed E-state index contributed by atoms with van der Waals surface area (Å²) in [7, 11) is 0. The summed E-state index contributed by atoms with van der Waals surface area (Å²) in [6.45, 7) is 3.58. The van der Waals surface area contributed by atoms with Crippen LogP contribution in [0.25, 0.3) is 0 Å². The van der Waals surface area contributed by atoms with Crippen LogP contribution in [-0.2, 0) is 22.7 Å². The molecular formula is C21H27NO3. The topological polar surface area (TPSA) is 61.5 Å². The molecule has 2 aromatic rings. The molecule has 4 nitrogen and oxygen atoms in total. The van der Waals surface area contributed by atoms with E-state index in [2.05, 4.69) is 31.2 Å². The lowest BCUT2D eigenvalue weighted by atomic mass is 10.2. The number of ether oxygens (including phenoxy) is 2. The summed E-state index contributed by atoms with van der Waals surface area (Å²) >= 11 is 0. The Labute approximate surface area is 150 Å². The van der Waals surface area contributed by atoms with Crippen LogP contribution in [0.5, 0.6) is 5.75 Å². The maximum absolute atomic E-state index is 11.7. The van der Waals surface area contributed by atoms with Gasteiger partial charge >= 0.3 is 5.97 Å². The number of hydrogen-bond donors (Lipinski definition) is 1. The smallest absolute Gasteiger partial charge is 0.306 e. The molecule has 0 fully saturated rings. The highest BCUT2D eigenvalue weighted by Gasteiger charge is 2.04. The van der Waals surface area contributed by atoms with Crippen LogP contribution < -0.4 is 10.5 Å². The lowest BCUT2D eigenvalue weighted by Crippen LogP contribution is -2.05. The molecule has 0 aliphatic carbocycles. The maximum Gasteiger partial charge on any atom is 0.306 e. The van der Waals surface area contributed by atoms with Crippen molar-refractivity contribution in [2.24, 2.45) is 5.73 Å². The Hall–Kier alpha value is -2.33. The first-order valence-corrected chi connectivity index (χ1v) is 8.80. The molecule has 134 valence electrons. The molecule has 0 heterocycles. The first kappa shape index (κ1) is 19.0. The number of esters is 1. The summed E-state index contributed by atoms with van der Waals surface area (Å²) in [6.07, 6.45) is 3.22. The predicted octanol–water partition coefficient (Wildman–Crippen LogP) is 4.14. The second kappa shape index (κ2) is 10.5. The summed E-state index contributed by atoms with van der Waals surface area (Å²) < 4.78 is 11.0. The van der Waals surface area contributed by atoms with Gasteiger partial charge in [0.1, 0.15) is 19.0 Å². The van der Waals surface area contributed by atoms with Gasteiger partial charge in [-0.3, -0.25) is 4.79 Å². The van der Waals surface area contributed by atoms with E-state index in [1.165, 1.54) is 5.56 Å². The van der Waals surface area contributed by atoms with Crippen molar-refractivity contribution in [2.45, 2.75) is 45.8 Å². The zero-order valence-electron chi connectivity index (χ0n) is 14.9. The zero-order valence-corrected chi connectivity index (χ0v) is 14.9. The van der Waals surface area contributed by atoms with E-state index < -0.39 is 0 Å². The summed E-state index contributed by atoms with van der Waals surface area (Å²) in [4.78, 5) is 11.7. The largest absolute Gasteiger partial charge is 0.489 e. The molecule has 2 N–H and O–H groups in total. The molecule has 0 aromatic heterocycles. The van der Waals surface area contributed by atoms with Crippen molar-refractivity contribution in [2.75, 3.05) is 6.54 Å². The Kier molecular flexibility index (Phi) is 7.99. The van der Waals surface area contributed by atoms with Crippen LogP contribution >= 0.6 is 0 Å². The Morgan fingerprint density at radius 3 is 2.20 bits per heavy atom. The molecule has 0 spiro atoms. The molecule has 0 amide bonds. The molecule has 0 bridgehead atoms. The minimum absolute atomic E-state index is 0.156. The quantitative estimate of drug-likeness (QED) is 0.521. The van der Waals surface area contributed by atoms with Crippen LogP contribution in [0.2, 0.25) is 0 Å². The molecule has 0 radical (unpaired) electrons. The molecule has 0 atom stereocenters. The third kappa shape index (κ3) is 7.40. The molecule has 2 aromatic carbocycles. The van der Waals surface area contributed by atoms with Crippen molar-refractivity contribution in [3.05, 3.63) is 65.2 Å². The van der Waals surface area contributed by atoms with Crippen molar-refractivity contribution in [1.82, 2.24) is 0 Å². The van der Waals surface area contributed by atoms with Crippen molar-refractivity contribution in [1.29, 1.82) is 0 Å². The zero-order chi connectivity index (χ0) is 17.9. The van der Waals surface area contributed by atoms with Gasteiger partial charge in [0.25, 0.3) is 0 Å². The van der Waals surface area contributed by atoms with Gasteiger partial charge in [0.05, 0.1) is 0 Å². The fraction of sp³-hybridized carbons (Fsp3) is 0.381. The highest BCUT2D eigenvalue weighted by atomic mass is 16.5. The van der Waals surface area contributed by atoms with E-state index in [-0.39, 0.29) is 5.97 Å². The molecular weight excluding hydrogens is 314 g/mol. The first-order chi connectivity index (χ1) is 12.2. The van der Waals surface area contributed by atoms with Gasteiger partial charge in [0.15, 0.2) is 0 Å². The lowest BCUT2D eigenvalue weighted by Gasteiger charge is -2.08. The number of aryl methyl sites for hydroxylation is 1. The fourth-order valence-electron chi connectivity index (χ4n) is 2.36. The number of unbranched alkanes of at least 4 members (excludes halogenated alkanes) is 2. The minimum Gasteiger partial charge on any atom is -0.489 e. The number of nitrogens with two attached hydrogens (primary N) is 1. The van der Waals surface area contributed by atoms with E-state index >= 15 is 0 Å². The van der Waals surface area contributed by atoms with Gasteiger partial charge < -0.3 is 15.2 Å². The van der Waals surface area contributed by atoms with E-state index in [4.69, 9.17) is 15.2 Å². The average molecular weight is 341 g/mol. The van der Waals surface area contributed by atoms with E-state index in [9.17, 15) is 4.79 Å². The van der Waals surface area contributed by atoms with Gasteiger partial charge in [0, 0.05) is 6.42 Å². The summed E-state index contributed by atoms with van der Waals surface area (Å²) in [5.41, 5.74) is 8.76. The van der Waals surface area contributed by atoms with Crippen molar-refractivity contribution >= 4 is 5.97 Å². The summed E-state index contributed by atoms with van der Waals surface area (Å²) in [5, 5.41) is 0. The van der Waals surface area contributed by atoms with Crippen LogP contribution in [-0.4, -0.2) is 12.5 Å². The molecule has 4 heteroatoms. The number of carbonyl (C=O) groups is 1. The highest BCUT2D eigenvalue weighted by Crippen LogP contribution is 2.15. The molecule has 0 unspecified atom stereocenters. The average Bonchev–Trinajstić information content (AvgIpc) is 2.64. The number of carbonyl (C=O) groups excluding carboxylic acids is 1. The number of benzene rings is 2. The Balaban J connectivity index is 1.70. The molecule has 0 aliphatic rings. The Morgan fingerprint density at radius 1 is 0.880 bits per heavy atom. The second-order valence-electron chi connectivity index (χ2n) is 6.18. The monoisotopic (exact) mass is 341 g/mol. The van der Waals surface area contributed by atoms with Crippen LogP contribution in [0.4, 0.5) is 0 Å². The van der Waals surface area contributed by atoms with Crippen molar-refractivity contribution < 1.29 is 14.3 Å². The molecule has 25 heavy (non-hydrogen) atoms. The van der Waals surface area contributed by atoms with Gasteiger partial charge in [0.2, 0.25) is 0 Å². The predicted molar refractivity (Wildman–Crippen MR) is 99.3 cm³/mol. The SMILES string of the molecule is Cc1ccc(COc2ccc(COC(=O)CCCCCN)cc2)cc1. The summed E-state index contributed by atoms with van der Waals surface area (Å²) in [6, 6.07) is 15.9. The van der Waals surface area contributed by atoms with Crippen molar-refractivity contribution in [3.8, 4) is 5.75 Å². The van der Waals surface area contributed by atoms with E-state index in [0.29, 0.717) is 26.2 Å². The first-order valence-electron chi connectivity index (χ1n) is 8.80. The standard InChI is InChI=1S/C21H27NO3/c1-17-6-8-18(9-7-17)15-24-20-12-10-19(11-13-20)16-25-21(23)5-3-2-4-14-22/h6-13H,2-5,14-16,22H2,1H3. The van der Waals surface area contributed by atoms with E-state index in [1.54, 1.807) is 0 Å². The van der Waals surface area contributed by atoms with Crippen LogP contribution in [0.1, 0.15) is 42.4 Å². The third-order valence-electron chi connectivity index (χ3n) is 3.93. The van der Waals surface area contributed by atoms with E-state index in [1.807, 2.05) is 24.3 Å². The third-order valence-corrected chi connectivity index (χ3v) is 3.93. The molecule has 0 saturated heterocycles. The Morgan fingerprint density at radius 2 is 1.52 bits per heavy atom. The van der Waals surface area contributed by atoms with Gasteiger partial charge in [-0.1, -0.05) is 48.4 Å². The number of hydrogen-bond acceptors (Lipinski definition) is 4. The van der Waals surface area contributed by atoms with Gasteiger partial charge in [-0.15, -0.1) is 0 Å². The lowest BCUT2D eigenvalue weighted by molar-refractivity contribution is -0.145. The fourth-order valence-corrected chi connectivity index (χ4v) is 2.36. The van der Waals surface area contributed by atoms with E-state index in [0.717, 1.165) is 36.1 Å². The maximum atomic E-state index is 11.7. The van der Waals surface area contributed by atoms with Gasteiger partial charge in [-0.05, 0) is 49.6 Å². The molecule has 0 saturated carbocycles. The van der Waals surface area contributed by atoms with Crippen LogP contribution in [0, 0.1) is 6.92 Å². The second-order valence-corrected chi connectivity index (χ2v) is 6.18. The summed E-state index contributed by atoms with van der Waals surface area (Å²) in [5.74, 6) is 0.647. The van der Waals surface area contributed by atoms with Gasteiger partial charge in [-0.2, -0.15) is 0 Å². The Bertz CT molecular complexity index is 635. The van der Waals surface area contributed by atoms with Gasteiger partial charge in [-0.25, -0.2) is 0 Å². The minimum atomic E-state index is -0.156. The highest BCUT2D eigenvalue weighted by molar-refractivity contribution is 5.69. The molecule has 0 aliphatic heterocycles. The van der Waals surface area contributed by atoms with Crippen molar-refractivity contribution in [3.63, 3.8) is 0 Å². The number of rotatable bonds is 10. The molecule has 2 rings (SSSR count). The van der Waals surface area contributed by atoms with Crippen LogP contribution in [0.3, 0.4) is 0 Å². The van der Waals surface area contributed by atoms with Crippen LogP contribution in [0.15, 0.2) is 48.5 Å².